The van der Waals surface area contributed by atoms with Crippen molar-refractivity contribution >= 4 is 18.3 Å². The van der Waals surface area contributed by atoms with Crippen LogP contribution in [-0.2, 0) is 6.54 Å². The second kappa shape index (κ2) is 8.92. The fraction of sp³-hybridized carbons (Fsp3) is 0.421. The predicted octanol–water partition coefficient (Wildman–Crippen LogP) is 3.93. The van der Waals surface area contributed by atoms with E-state index in [1.54, 1.807) is 13.2 Å². The Labute approximate surface area is 154 Å². The molecule has 5 nitrogen and oxygen atoms in total. The normalized spacial score (nSPS) is 17.5. The number of benzene rings is 1. The number of nitrogens with zero attached hydrogens (tertiary/aromatic N) is 1. The van der Waals surface area contributed by atoms with E-state index in [0.717, 1.165) is 43.5 Å². The van der Waals surface area contributed by atoms with Crippen LogP contribution in [0.4, 0.5) is 0 Å². The van der Waals surface area contributed by atoms with Crippen LogP contribution in [0, 0.1) is 0 Å². The van der Waals surface area contributed by atoms with Crippen LogP contribution in [0.25, 0.3) is 0 Å². The average Bonchev–Trinajstić information content (AvgIpc) is 2.98. The molecular formula is C19H25ClN2O3. The number of carbonyl (C=O) groups excluding carboxylic acids is 1. The second-order valence-corrected chi connectivity index (χ2v) is 6.14. The highest BCUT2D eigenvalue weighted by Crippen LogP contribution is 2.32. The Morgan fingerprint density at radius 1 is 1.28 bits per heavy atom. The van der Waals surface area contributed by atoms with E-state index in [2.05, 4.69) is 12.1 Å². The zero-order valence-corrected chi connectivity index (χ0v) is 15.3. The summed E-state index contributed by atoms with van der Waals surface area (Å²) in [5.74, 6) is 1.48. The largest absolute Gasteiger partial charge is 0.497 e. The number of nitrogens with two attached hydrogens (primary N) is 1. The molecule has 1 aliphatic rings. The van der Waals surface area contributed by atoms with Crippen LogP contribution in [0.2, 0.25) is 0 Å². The molecule has 0 saturated carbocycles. The molecule has 2 N–H and O–H groups in total. The Bertz CT molecular complexity index is 684. The van der Waals surface area contributed by atoms with Crippen molar-refractivity contribution in [1.29, 1.82) is 0 Å². The molecule has 25 heavy (non-hydrogen) atoms. The molecule has 1 fully saturated rings. The Kier molecular flexibility index (Phi) is 6.91. The molecule has 0 bridgehead atoms. The van der Waals surface area contributed by atoms with E-state index >= 15 is 0 Å². The highest BCUT2D eigenvalue weighted by Gasteiger charge is 2.28. The number of ether oxygens (including phenoxy) is 1. The molecule has 1 unspecified atom stereocenters. The van der Waals surface area contributed by atoms with Gasteiger partial charge in [0.1, 0.15) is 17.8 Å². The van der Waals surface area contributed by atoms with E-state index in [1.165, 1.54) is 6.26 Å². The van der Waals surface area contributed by atoms with Gasteiger partial charge in [0.15, 0.2) is 0 Å². The molecule has 6 heteroatoms. The molecule has 1 saturated heterocycles. The van der Waals surface area contributed by atoms with E-state index in [1.807, 2.05) is 17.0 Å². The van der Waals surface area contributed by atoms with Gasteiger partial charge in [-0.1, -0.05) is 25.0 Å². The maximum Gasteiger partial charge on any atom is 0.257 e. The highest BCUT2D eigenvalue weighted by molar-refractivity contribution is 5.94. The van der Waals surface area contributed by atoms with Crippen LogP contribution < -0.4 is 10.5 Å². The molecule has 0 aliphatic carbocycles. The molecule has 1 aliphatic heterocycles. The quantitative estimate of drug-likeness (QED) is 0.892. The van der Waals surface area contributed by atoms with Crippen LogP contribution in [0.15, 0.2) is 41.0 Å². The molecule has 0 radical (unpaired) electrons. The molecule has 2 heterocycles. The molecule has 2 aromatic rings. The van der Waals surface area contributed by atoms with Gasteiger partial charge in [0.25, 0.3) is 5.91 Å². The van der Waals surface area contributed by atoms with E-state index < -0.39 is 0 Å². The Hall–Kier alpha value is -1.98. The van der Waals surface area contributed by atoms with Gasteiger partial charge in [-0.3, -0.25) is 4.79 Å². The number of methoxy groups -OCH3 is 1. The van der Waals surface area contributed by atoms with E-state index in [-0.39, 0.29) is 24.4 Å². The molecule has 0 spiro atoms. The van der Waals surface area contributed by atoms with E-state index in [0.29, 0.717) is 17.9 Å². The smallest absolute Gasteiger partial charge is 0.257 e. The van der Waals surface area contributed by atoms with Crippen molar-refractivity contribution in [2.24, 2.45) is 5.73 Å². The van der Waals surface area contributed by atoms with Gasteiger partial charge in [0.2, 0.25) is 0 Å². The maximum absolute atomic E-state index is 13.0. The topological polar surface area (TPSA) is 68.7 Å². The van der Waals surface area contributed by atoms with Crippen LogP contribution in [0.3, 0.4) is 0 Å². The first-order chi connectivity index (χ1) is 11.7. The van der Waals surface area contributed by atoms with Gasteiger partial charge in [0, 0.05) is 6.54 Å². The molecule has 1 atom stereocenters. The fourth-order valence-electron chi connectivity index (χ4n) is 3.29. The lowest BCUT2D eigenvalue weighted by Crippen LogP contribution is -2.34. The van der Waals surface area contributed by atoms with Crippen LogP contribution in [0.5, 0.6) is 5.75 Å². The first-order valence-electron chi connectivity index (χ1n) is 8.45. The Morgan fingerprint density at radius 3 is 2.68 bits per heavy atom. The van der Waals surface area contributed by atoms with Crippen LogP contribution in [0.1, 0.15) is 53.4 Å². The van der Waals surface area contributed by atoms with Crippen LogP contribution >= 0.6 is 12.4 Å². The molecular weight excluding hydrogens is 340 g/mol. The Morgan fingerprint density at radius 2 is 2.04 bits per heavy atom. The van der Waals surface area contributed by atoms with Gasteiger partial charge in [-0.05, 0) is 36.6 Å². The monoisotopic (exact) mass is 364 g/mol. The van der Waals surface area contributed by atoms with Crippen molar-refractivity contribution in [2.45, 2.75) is 38.3 Å². The third-order valence-corrected chi connectivity index (χ3v) is 4.62. The number of amides is 1. The van der Waals surface area contributed by atoms with Gasteiger partial charge in [0.05, 0.1) is 25.3 Å². The number of rotatable bonds is 4. The first-order valence-corrected chi connectivity index (χ1v) is 8.45. The summed E-state index contributed by atoms with van der Waals surface area (Å²) in [6, 6.07) is 9.84. The minimum atomic E-state index is 0. The minimum Gasteiger partial charge on any atom is -0.497 e. The lowest BCUT2D eigenvalue weighted by molar-refractivity contribution is 0.0680. The van der Waals surface area contributed by atoms with E-state index in [9.17, 15) is 4.79 Å². The fourth-order valence-corrected chi connectivity index (χ4v) is 3.29. The summed E-state index contributed by atoms with van der Waals surface area (Å²) in [6.07, 6.45) is 5.79. The van der Waals surface area contributed by atoms with Crippen molar-refractivity contribution in [3.8, 4) is 5.75 Å². The number of furan rings is 1. The van der Waals surface area contributed by atoms with Gasteiger partial charge in [-0.15, -0.1) is 12.4 Å². The summed E-state index contributed by atoms with van der Waals surface area (Å²) >= 11 is 0. The predicted molar refractivity (Wildman–Crippen MR) is 99.1 cm³/mol. The molecule has 1 aromatic heterocycles. The lowest BCUT2D eigenvalue weighted by Gasteiger charge is -2.30. The number of carbonyl (C=O) groups is 1. The van der Waals surface area contributed by atoms with Crippen molar-refractivity contribution in [2.75, 3.05) is 13.7 Å². The standard InChI is InChI=1S/C19H24N2O3.ClH/c1-23-16-8-6-14(7-9-16)18-5-3-2-4-10-21(18)19(22)15-11-17(12-20)24-13-15;/h6-9,11,13,18H,2-5,10,12,20H2,1H3;1H. The average molecular weight is 365 g/mol. The van der Waals surface area contributed by atoms with Crippen molar-refractivity contribution < 1.29 is 13.9 Å². The molecule has 3 rings (SSSR count). The van der Waals surface area contributed by atoms with Gasteiger partial charge in [-0.2, -0.15) is 0 Å². The van der Waals surface area contributed by atoms with Gasteiger partial charge >= 0.3 is 0 Å². The number of hydrogen-bond donors (Lipinski definition) is 1. The third kappa shape index (κ3) is 4.35. The summed E-state index contributed by atoms with van der Waals surface area (Å²) in [5.41, 5.74) is 7.31. The highest BCUT2D eigenvalue weighted by atomic mass is 35.5. The molecule has 1 amide bonds. The summed E-state index contributed by atoms with van der Waals surface area (Å²) in [7, 11) is 1.66. The summed E-state index contributed by atoms with van der Waals surface area (Å²) in [4.78, 5) is 15.0. The zero-order chi connectivity index (χ0) is 16.9. The van der Waals surface area contributed by atoms with E-state index in [4.69, 9.17) is 14.9 Å². The summed E-state index contributed by atoms with van der Waals surface area (Å²) in [6.45, 7) is 1.06. The molecule has 136 valence electrons. The zero-order valence-electron chi connectivity index (χ0n) is 14.4. The number of halogens is 1. The van der Waals surface area contributed by atoms with Crippen molar-refractivity contribution in [3.05, 3.63) is 53.5 Å². The number of likely N-dealkylation sites (tertiary alicyclic amines) is 1. The first kappa shape index (κ1) is 19.3. The van der Waals surface area contributed by atoms with Gasteiger partial charge in [-0.25, -0.2) is 0 Å². The SMILES string of the molecule is COc1ccc(C2CCCCCN2C(=O)c2coc(CN)c2)cc1.Cl. The van der Waals surface area contributed by atoms with Crippen molar-refractivity contribution in [3.63, 3.8) is 0 Å². The van der Waals surface area contributed by atoms with Crippen LogP contribution in [-0.4, -0.2) is 24.5 Å². The van der Waals surface area contributed by atoms with Gasteiger partial charge < -0.3 is 19.8 Å². The summed E-state index contributed by atoms with van der Waals surface area (Å²) in [5, 5.41) is 0. The minimum absolute atomic E-state index is 0. The maximum atomic E-state index is 13.0. The lowest BCUT2D eigenvalue weighted by atomic mass is 10.00. The second-order valence-electron chi connectivity index (χ2n) is 6.14. The summed E-state index contributed by atoms with van der Waals surface area (Å²) < 4.78 is 10.6. The third-order valence-electron chi connectivity index (χ3n) is 4.62. The number of hydrogen-bond acceptors (Lipinski definition) is 4. The van der Waals surface area contributed by atoms with Crippen molar-refractivity contribution in [1.82, 2.24) is 4.90 Å². The molecule has 1 aromatic carbocycles. The Balaban J connectivity index is 0.00000225.